The zero-order valence-electron chi connectivity index (χ0n) is 14.0. The second-order valence-corrected chi connectivity index (χ2v) is 7.44. The number of para-hydroxylation sites is 1. The van der Waals surface area contributed by atoms with Crippen molar-refractivity contribution in [3.8, 4) is 11.5 Å². The van der Waals surface area contributed by atoms with Crippen LogP contribution in [-0.2, 0) is 16.9 Å². The van der Waals surface area contributed by atoms with E-state index in [9.17, 15) is 27.9 Å². The van der Waals surface area contributed by atoms with Crippen LogP contribution in [0.3, 0.4) is 0 Å². The number of anilines is 2. The second kappa shape index (κ2) is 6.98. The number of ether oxygens (including phenoxy) is 1. The summed E-state index contributed by atoms with van der Waals surface area (Å²) < 4.78 is 54.5. The Labute approximate surface area is 155 Å². The number of nitrogens with one attached hydrogen (secondary N) is 2. The fourth-order valence-electron chi connectivity index (χ4n) is 2.52. The molecule has 1 aliphatic heterocycles. The molecule has 1 aliphatic rings. The number of nitrogens with zero attached hydrogens (tertiary/aromatic N) is 1. The quantitative estimate of drug-likeness (QED) is 0.448. The van der Waals surface area contributed by atoms with Gasteiger partial charge in [-0.25, -0.2) is 0 Å². The molecule has 0 saturated heterocycles. The maximum atomic E-state index is 12.7. The molecule has 0 amide bonds. The molecule has 3 rings (SSSR count). The summed E-state index contributed by atoms with van der Waals surface area (Å²) in [6.45, 7) is 0.0351. The third-order valence-electron chi connectivity index (χ3n) is 3.89. The number of pyridine rings is 1. The molecule has 2 atom stereocenters. The molecule has 4 N–H and O–H groups in total. The minimum Gasteiger partial charge on any atom is -0.611 e. The number of benzene rings is 1. The predicted molar refractivity (Wildman–Crippen MR) is 92.7 cm³/mol. The van der Waals surface area contributed by atoms with E-state index in [0.29, 0.717) is 5.69 Å². The molecule has 27 heavy (non-hydrogen) atoms. The molecule has 0 spiro atoms. The van der Waals surface area contributed by atoms with Crippen LogP contribution >= 0.6 is 0 Å². The highest BCUT2D eigenvalue weighted by Crippen LogP contribution is 2.42. The van der Waals surface area contributed by atoms with Crippen molar-refractivity contribution in [1.29, 1.82) is 0 Å². The third-order valence-corrected chi connectivity index (χ3v) is 5.29. The molecule has 2 aromatic rings. The van der Waals surface area contributed by atoms with E-state index in [1.807, 2.05) is 0 Å². The van der Waals surface area contributed by atoms with E-state index in [-0.39, 0.29) is 34.2 Å². The van der Waals surface area contributed by atoms with Crippen molar-refractivity contribution in [2.75, 3.05) is 17.2 Å². The molecule has 0 fully saturated rings. The maximum Gasteiger partial charge on any atom is 0.422 e. The highest BCUT2D eigenvalue weighted by atomic mass is 32.2. The zero-order chi connectivity index (χ0) is 19.8. The zero-order valence-corrected chi connectivity index (χ0v) is 14.8. The molecular weight excluding hydrogens is 387 g/mol. The van der Waals surface area contributed by atoms with Gasteiger partial charge in [-0.05, 0) is 25.1 Å². The van der Waals surface area contributed by atoms with Gasteiger partial charge in [0, 0.05) is 22.9 Å². The number of aromatic hydroxyl groups is 1. The average Bonchev–Trinajstić information content (AvgIpc) is 2.94. The number of phenolic OH excluding ortho intramolecular Hbond substituents is 1. The Morgan fingerprint density at radius 3 is 2.70 bits per heavy atom. The number of phenols is 1. The average molecular weight is 403 g/mol. The van der Waals surface area contributed by atoms with E-state index in [2.05, 4.69) is 15.6 Å². The summed E-state index contributed by atoms with van der Waals surface area (Å²) in [5.74, 6) is -0.431. The van der Waals surface area contributed by atoms with Crippen LogP contribution in [-0.4, -0.2) is 37.7 Å². The van der Waals surface area contributed by atoms with Gasteiger partial charge >= 0.3 is 11.4 Å². The topological polar surface area (TPSA) is 110 Å². The Bertz CT molecular complexity index is 852. The van der Waals surface area contributed by atoms with Crippen molar-refractivity contribution in [3.63, 3.8) is 0 Å². The Morgan fingerprint density at radius 1 is 1.30 bits per heavy atom. The van der Waals surface area contributed by atoms with E-state index in [1.165, 1.54) is 25.3 Å². The number of halogens is 3. The summed E-state index contributed by atoms with van der Waals surface area (Å²) >= 11 is -2.00. The summed E-state index contributed by atoms with van der Waals surface area (Å²) in [7, 11) is 0. The minimum atomic E-state index is -4.49. The van der Waals surface area contributed by atoms with Crippen molar-refractivity contribution in [3.05, 3.63) is 41.7 Å². The molecule has 1 aromatic carbocycles. The van der Waals surface area contributed by atoms with Gasteiger partial charge in [0.2, 0.25) is 0 Å². The van der Waals surface area contributed by atoms with Gasteiger partial charge in [-0.15, -0.1) is 0 Å². The second-order valence-electron chi connectivity index (χ2n) is 5.87. The number of fused-ring (bicyclic) bond motifs is 1. The number of hydrogen-bond acceptors (Lipinski definition) is 7. The van der Waals surface area contributed by atoms with Crippen molar-refractivity contribution in [1.82, 2.24) is 4.98 Å². The van der Waals surface area contributed by atoms with E-state index < -0.39 is 29.1 Å². The van der Waals surface area contributed by atoms with Gasteiger partial charge < -0.3 is 19.5 Å². The predicted octanol–water partition coefficient (Wildman–Crippen LogP) is 2.43. The first-order chi connectivity index (χ1) is 12.6. The Hall–Kier alpha value is -2.37. The summed E-state index contributed by atoms with van der Waals surface area (Å²) in [5.41, 5.74) is 1.06. The van der Waals surface area contributed by atoms with Gasteiger partial charge in [0.15, 0.2) is 12.4 Å². The van der Waals surface area contributed by atoms with Crippen molar-refractivity contribution in [2.24, 2.45) is 0 Å². The lowest BCUT2D eigenvalue weighted by molar-refractivity contribution is -0.153. The standard InChI is InChI=1S/C16H16F3N3O4S/c1-9-11(20-6-5-13(9)26-8-15(17,18)19)7-27(25)16(24)21-10-3-2-4-12(23)14(10)22-16/h2-6,21-24H,7-8H2,1H3/t16-,27?/m1/s1. The fourth-order valence-corrected chi connectivity index (χ4v) is 3.71. The molecule has 7 nitrogen and oxygen atoms in total. The van der Waals surface area contributed by atoms with E-state index in [1.54, 1.807) is 12.1 Å². The number of aromatic nitrogens is 1. The van der Waals surface area contributed by atoms with Gasteiger partial charge in [0.25, 0.3) is 0 Å². The summed E-state index contributed by atoms with van der Waals surface area (Å²) in [6.07, 6.45) is -3.25. The molecule has 1 aromatic heterocycles. The van der Waals surface area contributed by atoms with Crippen LogP contribution in [0.2, 0.25) is 0 Å². The summed E-state index contributed by atoms with van der Waals surface area (Å²) in [5, 5.41) is 23.5. The first kappa shape index (κ1) is 19.4. The monoisotopic (exact) mass is 403 g/mol. The molecule has 146 valence electrons. The van der Waals surface area contributed by atoms with Gasteiger partial charge in [-0.2, -0.15) is 13.2 Å². The molecule has 0 aliphatic carbocycles. The van der Waals surface area contributed by atoms with Gasteiger partial charge in [0.1, 0.15) is 17.2 Å². The molecule has 11 heteroatoms. The smallest absolute Gasteiger partial charge is 0.422 e. The van der Waals surface area contributed by atoms with Crippen LogP contribution in [0.5, 0.6) is 11.5 Å². The lowest BCUT2D eigenvalue weighted by atomic mass is 10.2. The Kier molecular flexibility index (Phi) is 5.02. The molecule has 0 bridgehead atoms. The van der Waals surface area contributed by atoms with Crippen LogP contribution in [0, 0.1) is 6.92 Å². The molecule has 2 heterocycles. The summed E-state index contributed by atoms with van der Waals surface area (Å²) in [4.78, 5) is 4.02. The Morgan fingerprint density at radius 2 is 2.04 bits per heavy atom. The maximum absolute atomic E-state index is 12.7. The fraction of sp³-hybridized carbons (Fsp3) is 0.312. The number of aliphatic hydroxyl groups is 1. The van der Waals surface area contributed by atoms with Gasteiger partial charge in [0.05, 0.1) is 11.4 Å². The highest BCUT2D eigenvalue weighted by Gasteiger charge is 2.47. The van der Waals surface area contributed by atoms with Gasteiger partial charge in [-0.1, -0.05) is 6.07 Å². The molecular formula is C16H16F3N3O4S. The van der Waals surface area contributed by atoms with Crippen LogP contribution in [0.25, 0.3) is 0 Å². The minimum absolute atomic E-state index is 0.0328. The van der Waals surface area contributed by atoms with Crippen LogP contribution < -0.4 is 15.4 Å². The van der Waals surface area contributed by atoms with E-state index in [4.69, 9.17) is 4.74 Å². The molecule has 0 saturated carbocycles. The summed E-state index contributed by atoms with van der Waals surface area (Å²) in [6, 6.07) is 5.80. The van der Waals surface area contributed by atoms with Gasteiger partial charge in [-0.3, -0.25) is 15.6 Å². The molecule has 0 radical (unpaired) electrons. The van der Waals surface area contributed by atoms with Crippen molar-refractivity contribution >= 4 is 22.6 Å². The first-order valence-corrected chi connectivity index (χ1v) is 9.04. The lowest BCUT2D eigenvalue weighted by Gasteiger charge is -2.26. The number of rotatable bonds is 5. The largest absolute Gasteiger partial charge is 0.611 e. The normalized spacial score (nSPS) is 19.8. The lowest BCUT2D eigenvalue weighted by Crippen LogP contribution is -2.50. The van der Waals surface area contributed by atoms with E-state index >= 15 is 0 Å². The number of hydrogen-bond donors (Lipinski definition) is 4. The van der Waals surface area contributed by atoms with Crippen molar-refractivity contribution in [2.45, 2.75) is 24.0 Å². The SMILES string of the molecule is Cc1c(OCC(F)(F)F)ccnc1C[S+]([O-])[C@]1(O)Nc2cccc(O)c2N1. The third kappa shape index (κ3) is 4.15. The number of alkyl halides is 3. The molecule has 1 unspecified atom stereocenters. The van der Waals surface area contributed by atoms with Crippen LogP contribution in [0.15, 0.2) is 30.5 Å². The van der Waals surface area contributed by atoms with E-state index in [0.717, 1.165) is 0 Å². The Balaban J connectivity index is 1.75. The van der Waals surface area contributed by atoms with Crippen LogP contribution in [0.4, 0.5) is 24.5 Å². The van der Waals surface area contributed by atoms with Crippen molar-refractivity contribution < 1.29 is 32.7 Å². The van der Waals surface area contributed by atoms with Crippen LogP contribution in [0.1, 0.15) is 11.3 Å². The first-order valence-electron chi connectivity index (χ1n) is 7.72. The highest BCUT2D eigenvalue weighted by molar-refractivity contribution is 7.92.